The van der Waals surface area contributed by atoms with Gasteiger partial charge in [0, 0.05) is 10.7 Å². The summed E-state index contributed by atoms with van der Waals surface area (Å²) in [4.78, 5) is 11.8. The molecule has 5 heteroatoms. The Labute approximate surface area is 127 Å². The number of amides is 1. The molecule has 0 atom stereocenters. The number of benzene rings is 2. The number of carbonyl (C=O) groups is 1. The van der Waals surface area contributed by atoms with Crippen molar-refractivity contribution in [3.8, 4) is 0 Å². The molecule has 0 unspecified atom stereocenters. The predicted molar refractivity (Wildman–Crippen MR) is 84.8 cm³/mol. The summed E-state index contributed by atoms with van der Waals surface area (Å²) in [5.41, 5.74) is 2.52. The lowest BCUT2D eigenvalue weighted by Crippen LogP contribution is -2.21. The Bertz CT molecular complexity index is 612. The number of carbonyl (C=O) groups excluding carboxylic acids is 1. The van der Waals surface area contributed by atoms with Crippen molar-refractivity contribution in [2.75, 3.05) is 17.2 Å². The van der Waals surface area contributed by atoms with Crippen LogP contribution in [0.15, 0.2) is 42.5 Å². The van der Waals surface area contributed by atoms with E-state index in [-0.39, 0.29) is 12.5 Å². The highest BCUT2D eigenvalue weighted by Gasteiger charge is 2.04. The highest BCUT2D eigenvalue weighted by molar-refractivity contribution is 6.33. The van der Waals surface area contributed by atoms with Crippen LogP contribution in [-0.4, -0.2) is 12.5 Å². The maximum Gasteiger partial charge on any atom is 0.243 e. The van der Waals surface area contributed by atoms with Gasteiger partial charge in [0.2, 0.25) is 5.91 Å². The molecule has 0 bridgehead atoms. The third-order valence-electron chi connectivity index (χ3n) is 2.69. The second-order valence-corrected chi connectivity index (χ2v) is 5.24. The maximum absolute atomic E-state index is 11.8. The number of hydrogen-bond donors (Lipinski definition) is 2. The second-order valence-electron chi connectivity index (χ2n) is 4.39. The smallest absolute Gasteiger partial charge is 0.243 e. The lowest BCUT2D eigenvalue weighted by Gasteiger charge is -2.09. The van der Waals surface area contributed by atoms with Gasteiger partial charge in [-0.3, -0.25) is 4.79 Å². The van der Waals surface area contributed by atoms with Crippen LogP contribution < -0.4 is 10.6 Å². The van der Waals surface area contributed by atoms with E-state index in [1.165, 1.54) is 0 Å². The van der Waals surface area contributed by atoms with Gasteiger partial charge in [0.05, 0.1) is 17.3 Å². The molecule has 3 nitrogen and oxygen atoms in total. The molecule has 0 heterocycles. The molecule has 2 rings (SSSR count). The Morgan fingerprint density at radius 3 is 2.45 bits per heavy atom. The zero-order valence-electron chi connectivity index (χ0n) is 10.9. The van der Waals surface area contributed by atoms with E-state index in [0.717, 1.165) is 11.3 Å². The molecule has 0 aromatic heterocycles. The average Bonchev–Trinajstić information content (AvgIpc) is 2.40. The van der Waals surface area contributed by atoms with Crippen molar-refractivity contribution in [2.24, 2.45) is 0 Å². The van der Waals surface area contributed by atoms with Gasteiger partial charge in [-0.2, -0.15) is 0 Å². The van der Waals surface area contributed by atoms with Gasteiger partial charge in [-0.15, -0.1) is 0 Å². The van der Waals surface area contributed by atoms with E-state index in [4.69, 9.17) is 23.2 Å². The van der Waals surface area contributed by atoms with Crippen LogP contribution in [0, 0.1) is 6.92 Å². The van der Waals surface area contributed by atoms with Crippen LogP contribution >= 0.6 is 23.2 Å². The van der Waals surface area contributed by atoms with Crippen LogP contribution in [0.2, 0.25) is 10.0 Å². The van der Waals surface area contributed by atoms with Crippen LogP contribution in [0.4, 0.5) is 11.4 Å². The van der Waals surface area contributed by atoms with Crippen LogP contribution in [-0.2, 0) is 4.79 Å². The normalized spacial score (nSPS) is 10.2. The van der Waals surface area contributed by atoms with Crippen molar-refractivity contribution in [1.29, 1.82) is 0 Å². The van der Waals surface area contributed by atoms with E-state index in [1.54, 1.807) is 24.3 Å². The van der Waals surface area contributed by atoms with E-state index >= 15 is 0 Å². The Balaban J connectivity index is 1.90. The highest BCUT2D eigenvalue weighted by Crippen LogP contribution is 2.22. The Hall–Kier alpha value is -1.71. The Kier molecular flexibility index (Phi) is 4.88. The van der Waals surface area contributed by atoms with Gasteiger partial charge in [-0.25, -0.2) is 0 Å². The zero-order valence-corrected chi connectivity index (χ0v) is 12.4. The molecule has 20 heavy (non-hydrogen) atoms. The SMILES string of the molecule is Cc1ccc(NCC(=O)Nc2ccc(Cl)cc2)c(Cl)c1. The van der Waals surface area contributed by atoms with E-state index < -0.39 is 0 Å². The Morgan fingerprint density at radius 2 is 1.80 bits per heavy atom. The Morgan fingerprint density at radius 1 is 1.10 bits per heavy atom. The van der Waals surface area contributed by atoms with Gasteiger partial charge >= 0.3 is 0 Å². The van der Waals surface area contributed by atoms with Crippen LogP contribution in [0.3, 0.4) is 0 Å². The van der Waals surface area contributed by atoms with Gasteiger partial charge in [-0.05, 0) is 48.9 Å². The summed E-state index contributed by atoms with van der Waals surface area (Å²) >= 11 is 11.9. The summed E-state index contributed by atoms with van der Waals surface area (Å²) in [6.07, 6.45) is 0. The first-order chi connectivity index (χ1) is 9.54. The van der Waals surface area contributed by atoms with Gasteiger partial charge in [0.25, 0.3) is 0 Å². The largest absolute Gasteiger partial charge is 0.375 e. The van der Waals surface area contributed by atoms with E-state index in [1.807, 2.05) is 25.1 Å². The third kappa shape index (κ3) is 4.15. The van der Waals surface area contributed by atoms with Gasteiger partial charge < -0.3 is 10.6 Å². The summed E-state index contributed by atoms with van der Waals surface area (Å²) in [7, 11) is 0. The molecular weight excluding hydrogens is 295 g/mol. The molecule has 0 aliphatic rings. The summed E-state index contributed by atoms with van der Waals surface area (Å²) < 4.78 is 0. The lowest BCUT2D eigenvalue weighted by atomic mass is 10.2. The fraction of sp³-hybridized carbons (Fsp3) is 0.133. The van der Waals surface area contributed by atoms with Gasteiger partial charge in [0.15, 0.2) is 0 Å². The predicted octanol–water partition coefficient (Wildman–Crippen LogP) is 4.35. The molecule has 104 valence electrons. The quantitative estimate of drug-likeness (QED) is 0.881. The van der Waals surface area contributed by atoms with E-state index in [9.17, 15) is 4.79 Å². The van der Waals surface area contributed by atoms with Crippen molar-refractivity contribution >= 4 is 40.5 Å². The molecule has 2 N–H and O–H groups in total. The van der Waals surface area contributed by atoms with Gasteiger partial charge in [-0.1, -0.05) is 29.3 Å². The first-order valence-corrected chi connectivity index (χ1v) is 6.85. The maximum atomic E-state index is 11.8. The molecule has 0 spiro atoms. The average molecular weight is 309 g/mol. The van der Waals surface area contributed by atoms with Crippen molar-refractivity contribution in [3.63, 3.8) is 0 Å². The minimum Gasteiger partial charge on any atom is -0.375 e. The van der Waals surface area contributed by atoms with Crippen molar-refractivity contribution in [2.45, 2.75) is 6.92 Å². The zero-order chi connectivity index (χ0) is 14.5. The lowest BCUT2D eigenvalue weighted by molar-refractivity contribution is -0.114. The number of rotatable bonds is 4. The molecule has 0 radical (unpaired) electrons. The van der Waals surface area contributed by atoms with Crippen LogP contribution in [0.5, 0.6) is 0 Å². The number of hydrogen-bond acceptors (Lipinski definition) is 2. The molecule has 0 fully saturated rings. The molecular formula is C15H14Cl2N2O. The van der Waals surface area contributed by atoms with Crippen LogP contribution in [0.25, 0.3) is 0 Å². The first-order valence-electron chi connectivity index (χ1n) is 6.10. The number of aryl methyl sites for hydroxylation is 1. The fourth-order valence-corrected chi connectivity index (χ4v) is 2.11. The minimum atomic E-state index is -0.149. The van der Waals surface area contributed by atoms with Crippen LogP contribution in [0.1, 0.15) is 5.56 Å². The van der Waals surface area contributed by atoms with Gasteiger partial charge in [0.1, 0.15) is 0 Å². The minimum absolute atomic E-state index is 0.144. The second kappa shape index (κ2) is 6.64. The molecule has 0 saturated carbocycles. The van der Waals surface area contributed by atoms with E-state index in [0.29, 0.717) is 15.7 Å². The summed E-state index contributed by atoms with van der Waals surface area (Å²) in [5, 5.41) is 7.00. The molecule has 0 aliphatic heterocycles. The molecule has 0 aliphatic carbocycles. The topological polar surface area (TPSA) is 41.1 Å². The fourth-order valence-electron chi connectivity index (χ4n) is 1.68. The van der Waals surface area contributed by atoms with Crippen molar-refractivity contribution in [3.05, 3.63) is 58.1 Å². The molecule has 2 aromatic carbocycles. The summed E-state index contributed by atoms with van der Waals surface area (Å²) in [5.74, 6) is -0.149. The summed E-state index contributed by atoms with van der Waals surface area (Å²) in [6.45, 7) is 2.11. The first kappa shape index (κ1) is 14.7. The summed E-state index contributed by atoms with van der Waals surface area (Å²) in [6, 6.07) is 12.6. The number of halogens is 2. The molecule has 1 amide bonds. The van der Waals surface area contributed by atoms with E-state index in [2.05, 4.69) is 10.6 Å². The highest BCUT2D eigenvalue weighted by atomic mass is 35.5. The number of nitrogens with one attached hydrogen (secondary N) is 2. The molecule has 0 saturated heterocycles. The van der Waals surface area contributed by atoms with Crippen molar-refractivity contribution in [1.82, 2.24) is 0 Å². The number of anilines is 2. The standard InChI is InChI=1S/C15H14Cl2N2O/c1-10-2-7-14(13(17)8-10)18-9-15(20)19-12-5-3-11(16)4-6-12/h2-8,18H,9H2,1H3,(H,19,20). The third-order valence-corrected chi connectivity index (χ3v) is 3.26. The monoisotopic (exact) mass is 308 g/mol. The molecule has 2 aromatic rings. The van der Waals surface area contributed by atoms with Crippen molar-refractivity contribution < 1.29 is 4.79 Å².